The average molecular weight is 568 g/mol. The fourth-order valence-electron chi connectivity index (χ4n) is 4.75. The standard InChI is InChI=1S/C32H33N5O3S/c1-3-21-14-16-23(17-15-21)34-30(39)27(4-2)41-32-36-25-13-9-8-12-24(25)29-35-26(31(40)37(29)32)20-28(38)33-19-18-22-10-6-5-7-11-22/h5-17,26-27H,3-4,18-20H2,1-2H3,(H,33,38)(H,34,39). The van der Waals surface area contributed by atoms with Crippen molar-refractivity contribution in [1.82, 2.24) is 10.2 Å². The fourth-order valence-corrected chi connectivity index (χ4v) is 5.77. The summed E-state index contributed by atoms with van der Waals surface area (Å²) < 4.78 is 0. The van der Waals surface area contributed by atoms with Gasteiger partial charge in [0.1, 0.15) is 11.9 Å². The first-order valence-corrected chi connectivity index (χ1v) is 14.8. The number of anilines is 1. The van der Waals surface area contributed by atoms with Crippen molar-refractivity contribution in [2.45, 2.75) is 50.8 Å². The zero-order chi connectivity index (χ0) is 28.8. The van der Waals surface area contributed by atoms with E-state index in [1.165, 1.54) is 22.2 Å². The third-order valence-corrected chi connectivity index (χ3v) is 8.36. The Labute approximate surface area is 244 Å². The van der Waals surface area contributed by atoms with E-state index < -0.39 is 11.3 Å². The number of para-hydroxylation sites is 1. The molecule has 9 heteroatoms. The Bertz CT molecular complexity index is 1490. The molecular weight excluding hydrogens is 534 g/mol. The number of aryl methyl sites for hydroxylation is 1. The largest absolute Gasteiger partial charge is 0.356 e. The molecule has 0 bridgehead atoms. The van der Waals surface area contributed by atoms with Gasteiger partial charge in [-0.15, -0.1) is 0 Å². The summed E-state index contributed by atoms with van der Waals surface area (Å²) in [6.45, 7) is 4.49. The Morgan fingerprint density at radius 1 is 0.951 bits per heavy atom. The van der Waals surface area contributed by atoms with E-state index in [1.54, 1.807) is 0 Å². The minimum Gasteiger partial charge on any atom is -0.356 e. The lowest BCUT2D eigenvalue weighted by molar-refractivity contribution is -0.128. The van der Waals surface area contributed by atoms with Crippen LogP contribution < -0.4 is 10.6 Å². The van der Waals surface area contributed by atoms with Gasteiger partial charge >= 0.3 is 0 Å². The van der Waals surface area contributed by atoms with Gasteiger partial charge in [-0.05, 0) is 54.7 Å². The monoisotopic (exact) mass is 567 g/mol. The number of amidine groups is 2. The van der Waals surface area contributed by atoms with Crippen LogP contribution >= 0.6 is 11.8 Å². The van der Waals surface area contributed by atoms with Crippen molar-refractivity contribution < 1.29 is 14.4 Å². The van der Waals surface area contributed by atoms with Gasteiger partial charge in [0.05, 0.1) is 17.4 Å². The molecule has 2 atom stereocenters. The first-order chi connectivity index (χ1) is 20.0. The van der Waals surface area contributed by atoms with Crippen molar-refractivity contribution in [3.8, 4) is 0 Å². The SMILES string of the molecule is CCc1ccc(NC(=O)C(CC)SC2=Nc3ccccc3C3=NC(CC(=O)NCCc4ccccc4)C(=O)N23)cc1. The van der Waals surface area contributed by atoms with Crippen molar-refractivity contribution in [2.75, 3.05) is 11.9 Å². The highest BCUT2D eigenvalue weighted by atomic mass is 32.2. The zero-order valence-electron chi connectivity index (χ0n) is 23.2. The molecule has 0 saturated heterocycles. The molecule has 0 aliphatic carbocycles. The molecule has 2 N–H and O–H groups in total. The van der Waals surface area contributed by atoms with E-state index in [0.717, 1.165) is 23.2 Å². The maximum Gasteiger partial charge on any atom is 0.259 e. The quantitative estimate of drug-likeness (QED) is 0.356. The van der Waals surface area contributed by atoms with E-state index in [1.807, 2.05) is 85.8 Å². The van der Waals surface area contributed by atoms with Crippen LogP contribution in [0, 0.1) is 0 Å². The molecule has 2 heterocycles. The summed E-state index contributed by atoms with van der Waals surface area (Å²) in [6, 6.07) is 24.3. The summed E-state index contributed by atoms with van der Waals surface area (Å²) in [5.41, 5.74) is 4.45. The Morgan fingerprint density at radius 3 is 2.41 bits per heavy atom. The van der Waals surface area contributed by atoms with E-state index in [2.05, 4.69) is 22.5 Å². The summed E-state index contributed by atoms with van der Waals surface area (Å²) in [6.07, 6.45) is 2.11. The fraction of sp³-hybridized carbons (Fsp3) is 0.281. The van der Waals surface area contributed by atoms with Crippen molar-refractivity contribution in [3.63, 3.8) is 0 Å². The Morgan fingerprint density at radius 2 is 1.68 bits per heavy atom. The normalized spacial score (nSPS) is 16.3. The molecule has 0 aromatic heterocycles. The van der Waals surface area contributed by atoms with Gasteiger partial charge in [-0.25, -0.2) is 9.89 Å². The number of benzene rings is 3. The van der Waals surface area contributed by atoms with Crippen LogP contribution in [0.2, 0.25) is 0 Å². The molecule has 2 unspecified atom stereocenters. The van der Waals surface area contributed by atoms with E-state index in [-0.39, 0.29) is 24.1 Å². The lowest BCUT2D eigenvalue weighted by Crippen LogP contribution is -2.43. The maximum absolute atomic E-state index is 13.6. The predicted molar refractivity (Wildman–Crippen MR) is 165 cm³/mol. The van der Waals surface area contributed by atoms with Gasteiger partial charge in [0.2, 0.25) is 11.8 Å². The summed E-state index contributed by atoms with van der Waals surface area (Å²) in [7, 11) is 0. The minimum atomic E-state index is -0.857. The average Bonchev–Trinajstić information content (AvgIpc) is 3.32. The summed E-state index contributed by atoms with van der Waals surface area (Å²) in [5.74, 6) is -0.245. The van der Waals surface area contributed by atoms with Crippen molar-refractivity contribution in [1.29, 1.82) is 0 Å². The minimum absolute atomic E-state index is 0.0564. The first-order valence-electron chi connectivity index (χ1n) is 13.9. The Kier molecular flexibility index (Phi) is 8.94. The Hall–Kier alpha value is -4.24. The second-order valence-electron chi connectivity index (χ2n) is 9.90. The molecule has 210 valence electrons. The van der Waals surface area contributed by atoms with Crippen LogP contribution in [0.4, 0.5) is 11.4 Å². The number of nitrogens with zero attached hydrogens (tertiary/aromatic N) is 3. The van der Waals surface area contributed by atoms with Gasteiger partial charge in [-0.1, -0.05) is 80.2 Å². The molecule has 5 rings (SSSR count). The number of rotatable bonds is 10. The van der Waals surface area contributed by atoms with Gasteiger partial charge in [-0.2, -0.15) is 0 Å². The van der Waals surface area contributed by atoms with Crippen LogP contribution in [0.15, 0.2) is 88.8 Å². The number of amides is 3. The first kappa shape index (κ1) is 28.3. The van der Waals surface area contributed by atoms with Gasteiger partial charge < -0.3 is 10.6 Å². The van der Waals surface area contributed by atoms with Gasteiger partial charge in [0, 0.05) is 17.8 Å². The Balaban J connectivity index is 1.29. The smallest absolute Gasteiger partial charge is 0.259 e. The molecule has 8 nitrogen and oxygen atoms in total. The van der Waals surface area contributed by atoms with Crippen molar-refractivity contribution in [2.24, 2.45) is 9.98 Å². The van der Waals surface area contributed by atoms with E-state index in [4.69, 9.17) is 4.99 Å². The van der Waals surface area contributed by atoms with Gasteiger partial charge in [-0.3, -0.25) is 19.4 Å². The summed E-state index contributed by atoms with van der Waals surface area (Å²) in [4.78, 5) is 50.5. The highest BCUT2D eigenvalue weighted by Gasteiger charge is 2.43. The number of nitrogens with one attached hydrogen (secondary N) is 2. The lowest BCUT2D eigenvalue weighted by Gasteiger charge is -2.27. The third-order valence-electron chi connectivity index (χ3n) is 7.05. The molecule has 3 aromatic carbocycles. The maximum atomic E-state index is 13.6. The number of hydrogen-bond acceptors (Lipinski definition) is 6. The van der Waals surface area contributed by atoms with Crippen LogP contribution in [0.3, 0.4) is 0 Å². The number of hydrogen-bond donors (Lipinski definition) is 2. The molecule has 0 fully saturated rings. The summed E-state index contributed by atoms with van der Waals surface area (Å²) >= 11 is 1.24. The number of fused-ring (bicyclic) bond motifs is 3. The third kappa shape index (κ3) is 6.57. The van der Waals surface area contributed by atoms with Gasteiger partial charge in [0.15, 0.2) is 5.17 Å². The predicted octanol–water partition coefficient (Wildman–Crippen LogP) is 5.11. The zero-order valence-corrected chi connectivity index (χ0v) is 24.0. The van der Waals surface area contributed by atoms with Crippen LogP contribution in [0.25, 0.3) is 0 Å². The van der Waals surface area contributed by atoms with E-state index in [0.29, 0.717) is 36.1 Å². The van der Waals surface area contributed by atoms with Crippen LogP contribution in [0.1, 0.15) is 43.4 Å². The highest BCUT2D eigenvalue weighted by Crippen LogP contribution is 2.35. The van der Waals surface area contributed by atoms with Crippen molar-refractivity contribution >= 4 is 51.9 Å². The number of thioether (sulfide) groups is 1. The summed E-state index contributed by atoms with van der Waals surface area (Å²) in [5, 5.41) is 5.80. The molecule has 0 saturated carbocycles. The highest BCUT2D eigenvalue weighted by molar-refractivity contribution is 8.15. The number of aliphatic imine (C=N–C) groups is 2. The molecule has 3 amide bonds. The number of carbonyl (C=O) groups excluding carboxylic acids is 3. The number of carbonyl (C=O) groups is 3. The van der Waals surface area contributed by atoms with E-state index in [9.17, 15) is 14.4 Å². The second-order valence-corrected chi connectivity index (χ2v) is 11.1. The molecule has 0 radical (unpaired) electrons. The van der Waals surface area contributed by atoms with E-state index >= 15 is 0 Å². The molecule has 41 heavy (non-hydrogen) atoms. The molecule has 2 aliphatic rings. The van der Waals surface area contributed by atoms with Crippen LogP contribution in [0.5, 0.6) is 0 Å². The molecule has 0 spiro atoms. The van der Waals surface area contributed by atoms with Crippen LogP contribution in [-0.4, -0.2) is 51.5 Å². The molecule has 3 aromatic rings. The molecular formula is C32H33N5O3S. The second kappa shape index (κ2) is 13.0. The van der Waals surface area contributed by atoms with Gasteiger partial charge in [0.25, 0.3) is 5.91 Å². The van der Waals surface area contributed by atoms with Crippen molar-refractivity contribution in [3.05, 3.63) is 95.6 Å². The lowest BCUT2D eigenvalue weighted by atomic mass is 10.1. The molecule has 2 aliphatic heterocycles. The topological polar surface area (TPSA) is 103 Å². The van der Waals surface area contributed by atoms with Crippen LogP contribution in [-0.2, 0) is 27.2 Å².